The molecule has 0 aromatic carbocycles. The van der Waals surface area contributed by atoms with Gasteiger partial charge in [-0.05, 0) is 64.1 Å². The van der Waals surface area contributed by atoms with E-state index in [0.717, 1.165) is 24.5 Å². The van der Waals surface area contributed by atoms with E-state index in [-0.39, 0.29) is 0 Å². The lowest BCUT2D eigenvalue weighted by molar-refractivity contribution is 0.201. The maximum absolute atomic E-state index is 3.61. The van der Waals surface area contributed by atoms with E-state index in [9.17, 15) is 0 Å². The molecule has 0 bridgehead atoms. The molecule has 1 N–H and O–H groups in total. The minimum atomic E-state index is 0.802. The van der Waals surface area contributed by atoms with E-state index in [0.29, 0.717) is 0 Å². The minimum Gasteiger partial charge on any atom is -0.314 e. The molecule has 1 aliphatic carbocycles. The van der Waals surface area contributed by atoms with Gasteiger partial charge in [-0.15, -0.1) is 0 Å². The summed E-state index contributed by atoms with van der Waals surface area (Å²) in [6.45, 7) is 8.48. The van der Waals surface area contributed by atoms with Crippen LogP contribution in [0.25, 0.3) is 0 Å². The molecule has 1 saturated carbocycles. The Bertz CT molecular complexity index is 205. The van der Waals surface area contributed by atoms with Crippen LogP contribution in [0.4, 0.5) is 0 Å². The maximum atomic E-state index is 3.61. The van der Waals surface area contributed by atoms with Crippen molar-refractivity contribution in [2.24, 2.45) is 5.92 Å². The fourth-order valence-electron chi connectivity index (χ4n) is 3.41. The van der Waals surface area contributed by atoms with Crippen molar-refractivity contribution < 1.29 is 0 Å². The normalized spacial score (nSPS) is 37.5. The van der Waals surface area contributed by atoms with Crippen LogP contribution < -0.4 is 5.32 Å². The summed E-state index contributed by atoms with van der Waals surface area (Å²) in [6, 6.07) is 1.69. The molecule has 0 aromatic heterocycles. The van der Waals surface area contributed by atoms with Crippen LogP contribution in [0.1, 0.15) is 52.4 Å². The molecule has 16 heavy (non-hydrogen) atoms. The quantitative estimate of drug-likeness (QED) is 0.793. The van der Waals surface area contributed by atoms with E-state index in [1.807, 2.05) is 0 Å². The van der Waals surface area contributed by atoms with Crippen LogP contribution in [0.5, 0.6) is 0 Å². The molecule has 0 amide bonds. The second-order valence-corrected chi connectivity index (χ2v) is 5.79. The first-order chi connectivity index (χ1) is 7.79. The van der Waals surface area contributed by atoms with Crippen LogP contribution in [0.2, 0.25) is 0 Å². The number of hydrogen-bond acceptors (Lipinski definition) is 2. The molecule has 0 aromatic rings. The van der Waals surface area contributed by atoms with Gasteiger partial charge in [0.1, 0.15) is 0 Å². The van der Waals surface area contributed by atoms with Gasteiger partial charge in [0.15, 0.2) is 0 Å². The van der Waals surface area contributed by atoms with E-state index in [4.69, 9.17) is 0 Å². The average molecular weight is 224 g/mol. The first-order valence-corrected chi connectivity index (χ1v) is 7.27. The zero-order valence-electron chi connectivity index (χ0n) is 11.0. The van der Waals surface area contributed by atoms with Crippen LogP contribution in [-0.2, 0) is 0 Å². The van der Waals surface area contributed by atoms with Crippen LogP contribution in [0.3, 0.4) is 0 Å². The summed E-state index contributed by atoms with van der Waals surface area (Å²) in [5.74, 6) is 0.955. The summed E-state index contributed by atoms with van der Waals surface area (Å²) >= 11 is 0. The molecule has 3 atom stereocenters. The summed E-state index contributed by atoms with van der Waals surface area (Å²) in [5.41, 5.74) is 0. The molecule has 0 radical (unpaired) electrons. The summed E-state index contributed by atoms with van der Waals surface area (Å²) in [6.07, 6.45) is 8.49. The highest BCUT2D eigenvalue weighted by Crippen LogP contribution is 2.27. The molecular weight excluding hydrogens is 196 g/mol. The summed E-state index contributed by atoms with van der Waals surface area (Å²) in [5, 5.41) is 3.61. The fraction of sp³-hybridized carbons (Fsp3) is 1.00. The molecule has 2 nitrogen and oxygen atoms in total. The van der Waals surface area contributed by atoms with E-state index < -0.39 is 0 Å². The Kier molecular flexibility index (Phi) is 4.66. The van der Waals surface area contributed by atoms with Gasteiger partial charge < -0.3 is 10.2 Å². The lowest BCUT2D eigenvalue weighted by Crippen LogP contribution is -2.36. The third-order valence-corrected chi connectivity index (χ3v) is 4.47. The molecule has 1 aliphatic heterocycles. The van der Waals surface area contributed by atoms with Crippen molar-refractivity contribution in [3.63, 3.8) is 0 Å². The number of nitrogens with one attached hydrogen (secondary N) is 1. The van der Waals surface area contributed by atoms with E-state index in [2.05, 4.69) is 24.1 Å². The summed E-state index contributed by atoms with van der Waals surface area (Å²) in [7, 11) is 0. The van der Waals surface area contributed by atoms with Crippen molar-refractivity contribution in [1.82, 2.24) is 10.2 Å². The Labute approximate surface area is 101 Å². The molecule has 1 heterocycles. The van der Waals surface area contributed by atoms with Gasteiger partial charge in [0.2, 0.25) is 0 Å². The molecule has 1 saturated heterocycles. The maximum Gasteiger partial charge on any atom is 0.0111 e. The highest BCUT2D eigenvalue weighted by Gasteiger charge is 2.29. The topological polar surface area (TPSA) is 15.3 Å². The minimum absolute atomic E-state index is 0.802. The fourth-order valence-corrected chi connectivity index (χ4v) is 3.41. The number of nitrogens with zero attached hydrogens (tertiary/aromatic N) is 1. The van der Waals surface area contributed by atoms with Crippen molar-refractivity contribution in [2.45, 2.75) is 64.5 Å². The first kappa shape index (κ1) is 12.4. The lowest BCUT2D eigenvalue weighted by atomic mass is 10.0. The zero-order chi connectivity index (χ0) is 11.4. The first-order valence-electron chi connectivity index (χ1n) is 7.27. The van der Waals surface area contributed by atoms with Gasteiger partial charge in [-0.25, -0.2) is 0 Å². The van der Waals surface area contributed by atoms with Gasteiger partial charge >= 0.3 is 0 Å². The second-order valence-electron chi connectivity index (χ2n) is 5.79. The largest absolute Gasteiger partial charge is 0.314 e. The van der Waals surface area contributed by atoms with E-state index in [1.54, 1.807) is 0 Å². The second kappa shape index (κ2) is 6.02. The SMILES string of the molecule is CCNC1CCC(N2CCCC(C)CC2)C1. The Hall–Kier alpha value is -0.0800. The summed E-state index contributed by atoms with van der Waals surface area (Å²) in [4.78, 5) is 2.78. The average Bonchev–Trinajstić information content (AvgIpc) is 2.62. The van der Waals surface area contributed by atoms with Crippen molar-refractivity contribution >= 4 is 0 Å². The predicted octanol–water partition coefficient (Wildman–Crippen LogP) is 2.64. The lowest BCUT2D eigenvalue weighted by Gasteiger charge is -2.27. The smallest absolute Gasteiger partial charge is 0.0111 e. The van der Waals surface area contributed by atoms with Crippen LogP contribution >= 0.6 is 0 Å². The zero-order valence-corrected chi connectivity index (χ0v) is 11.0. The van der Waals surface area contributed by atoms with Crippen LogP contribution in [0, 0.1) is 5.92 Å². The molecule has 2 fully saturated rings. The highest BCUT2D eigenvalue weighted by molar-refractivity contribution is 4.87. The number of hydrogen-bond donors (Lipinski definition) is 1. The van der Waals surface area contributed by atoms with Crippen molar-refractivity contribution in [3.05, 3.63) is 0 Å². The molecule has 0 spiro atoms. The van der Waals surface area contributed by atoms with Crippen LogP contribution in [0.15, 0.2) is 0 Å². The standard InChI is InChI=1S/C14H28N2/c1-3-15-13-6-7-14(11-13)16-9-4-5-12(2)8-10-16/h12-15H,3-11H2,1-2H3. The van der Waals surface area contributed by atoms with E-state index >= 15 is 0 Å². The van der Waals surface area contributed by atoms with Crippen molar-refractivity contribution in [2.75, 3.05) is 19.6 Å². The molecule has 94 valence electrons. The number of likely N-dealkylation sites (tertiary alicyclic amines) is 1. The Morgan fingerprint density at radius 1 is 1.12 bits per heavy atom. The van der Waals surface area contributed by atoms with Gasteiger partial charge in [-0.3, -0.25) is 0 Å². The predicted molar refractivity (Wildman–Crippen MR) is 69.7 cm³/mol. The van der Waals surface area contributed by atoms with Gasteiger partial charge in [0.25, 0.3) is 0 Å². The molecule has 3 unspecified atom stereocenters. The van der Waals surface area contributed by atoms with Crippen molar-refractivity contribution in [1.29, 1.82) is 0 Å². The van der Waals surface area contributed by atoms with Gasteiger partial charge in [-0.1, -0.05) is 13.8 Å². The Morgan fingerprint density at radius 2 is 2.00 bits per heavy atom. The Balaban J connectivity index is 1.79. The highest BCUT2D eigenvalue weighted by atomic mass is 15.2. The summed E-state index contributed by atoms with van der Waals surface area (Å²) < 4.78 is 0. The van der Waals surface area contributed by atoms with Crippen LogP contribution in [-0.4, -0.2) is 36.6 Å². The molecule has 2 aliphatic rings. The van der Waals surface area contributed by atoms with Gasteiger partial charge in [0.05, 0.1) is 0 Å². The third-order valence-electron chi connectivity index (χ3n) is 4.47. The molecule has 2 heteroatoms. The molecular formula is C14H28N2. The number of rotatable bonds is 3. The Morgan fingerprint density at radius 3 is 2.81 bits per heavy atom. The van der Waals surface area contributed by atoms with Gasteiger partial charge in [-0.2, -0.15) is 0 Å². The van der Waals surface area contributed by atoms with Gasteiger partial charge in [0, 0.05) is 12.1 Å². The molecule has 2 rings (SSSR count). The third kappa shape index (κ3) is 3.21. The van der Waals surface area contributed by atoms with E-state index in [1.165, 1.54) is 51.6 Å². The van der Waals surface area contributed by atoms with Crippen molar-refractivity contribution in [3.8, 4) is 0 Å². The monoisotopic (exact) mass is 224 g/mol.